The molecular formula is C54H104N6O16. The first-order chi connectivity index (χ1) is 36.1. The van der Waals surface area contributed by atoms with Crippen molar-refractivity contribution in [3.63, 3.8) is 0 Å². The molecule has 0 heterocycles. The van der Waals surface area contributed by atoms with E-state index in [2.05, 4.69) is 21.3 Å². The summed E-state index contributed by atoms with van der Waals surface area (Å²) in [6, 6.07) is 0. The summed E-state index contributed by atoms with van der Waals surface area (Å²) in [5, 5.41) is 106. The van der Waals surface area contributed by atoms with Gasteiger partial charge in [0.15, 0.2) is 0 Å². The molecule has 22 heteroatoms. The third kappa shape index (κ3) is 29.4. The van der Waals surface area contributed by atoms with Gasteiger partial charge >= 0.3 is 0 Å². The van der Waals surface area contributed by atoms with Crippen LogP contribution >= 0.6 is 0 Å². The van der Waals surface area contributed by atoms with Crippen LogP contribution in [-0.4, -0.2) is 198 Å². The molecule has 0 aliphatic heterocycles. The number of carbonyl (C=O) groups is 6. The molecule has 446 valence electrons. The van der Waals surface area contributed by atoms with Crippen LogP contribution in [0.5, 0.6) is 0 Å². The van der Waals surface area contributed by atoms with E-state index >= 15 is 0 Å². The molecule has 2 rings (SSSR count). The van der Waals surface area contributed by atoms with Gasteiger partial charge in [0.1, 0.15) is 6.79 Å². The molecule has 0 aliphatic carbocycles. The highest BCUT2D eigenvalue weighted by Gasteiger charge is 2.31. The van der Waals surface area contributed by atoms with Crippen LogP contribution in [0, 0.1) is 48.5 Å². The third-order valence-electron chi connectivity index (χ3n) is 10.3. The molecule has 76 heavy (non-hydrogen) atoms. The van der Waals surface area contributed by atoms with Gasteiger partial charge in [-0.15, -0.1) is 0 Å². The Morgan fingerprint density at radius 2 is 0.737 bits per heavy atom. The maximum Gasteiger partial charge on any atom is 0.252 e. The summed E-state index contributed by atoms with van der Waals surface area (Å²) in [5.41, 5.74) is 4.57. The van der Waals surface area contributed by atoms with Crippen LogP contribution in [-0.2, 0) is 14.4 Å². The highest BCUT2D eigenvalue weighted by Crippen LogP contribution is 2.35. The summed E-state index contributed by atoms with van der Waals surface area (Å²) in [4.78, 5) is 72.9. The molecule has 0 aromatic heterocycles. The summed E-state index contributed by atoms with van der Waals surface area (Å²) < 4.78 is 0. The Bertz CT molecular complexity index is 1800. The monoisotopic (exact) mass is 1090 g/mol. The number of rotatable bonds is 24. The van der Waals surface area contributed by atoms with E-state index in [0.29, 0.717) is 57.6 Å². The minimum Gasteiger partial charge on any atom is -0.394 e. The lowest BCUT2D eigenvalue weighted by Crippen LogP contribution is -2.45. The molecule has 0 aliphatic rings. The Morgan fingerprint density at radius 1 is 0.447 bits per heavy atom. The number of aliphatic hydroxyl groups excluding tert-OH is 10. The predicted molar refractivity (Wildman–Crippen MR) is 303 cm³/mol. The number of benzene rings is 2. The molecule has 0 saturated carbocycles. The average Bonchev–Trinajstić information content (AvgIpc) is 3.45. The molecule has 0 spiro atoms. The van der Waals surface area contributed by atoms with E-state index in [1.54, 1.807) is 55.5 Å². The zero-order chi connectivity index (χ0) is 61.6. The summed E-state index contributed by atoms with van der Waals surface area (Å²) in [5.74, 6) is -1.85. The fourth-order valence-corrected chi connectivity index (χ4v) is 6.90. The van der Waals surface area contributed by atoms with Gasteiger partial charge in [-0.1, -0.05) is 83.1 Å². The number of hydrogen-bond acceptors (Lipinski definition) is 17. The van der Waals surface area contributed by atoms with Crippen LogP contribution in [0.15, 0.2) is 0 Å². The molecule has 6 unspecified atom stereocenters. The highest BCUT2D eigenvalue weighted by atomic mass is 16.3. The Hall–Kier alpha value is -5.14. The molecule has 5 amide bonds. The largest absolute Gasteiger partial charge is 0.394 e. The van der Waals surface area contributed by atoms with Crippen molar-refractivity contribution in [1.29, 1.82) is 0 Å². The molecule has 0 fully saturated rings. The van der Waals surface area contributed by atoms with E-state index in [9.17, 15) is 59.7 Å². The highest BCUT2D eigenvalue weighted by molar-refractivity contribution is 6.06. The number of likely N-dealkylation sites (N-methyl/N-ethyl adjacent to an activating group) is 1. The van der Waals surface area contributed by atoms with Crippen molar-refractivity contribution in [2.75, 3.05) is 82.5 Å². The van der Waals surface area contributed by atoms with E-state index in [1.165, 1.54) is 9.80 Å². The zero-order valence-electron chi connectivity index (χ0n) is 49.7. The average molecular weight is 1090 g/mol. The van der Waals surface area contributed by atoms with Gasteiger partial charge in [-0.2, -0.15) is 0 Å². The maximum atomic E-state index is 13.4. The van der Waals surface area contributed by atoms with Crippen molar-refractivity contribution >= 4 is 48.7 Å². The smallest absolute Gasteiger partial charge is 0.252 e. The molecule has 0 bridgehead atoms. The summed E-state index contributed by atoms with van der Waals surface area (Å²) in [7, 11) is 1.57. The maximum absolute atomic E-state index is 13.4. The number of carbonyl (C=O) groups excluding carboxylic acids is 6. The van der Waals surface area contributed by atoms with Crippen LogP contribution < -0.4 is 31.1 Å². The topological polar surface area (TPSA) is 359 Å². The lowest BCUT2D eigenvalue weighted by molar-refractivity contribution is -0.110. The van der Waals surface area contributed by atoms with Gasteiger partial charge in [0.25, 0.3) is 17.7 Å². The number of anilines is 2. The Morgan fingerprint density at radius 3 is 1.04 bits per heavy atom. The van der Waals surface area contributed by atoms with E-state index < -0.39 is 74.2 Å². The predicted octanol–water partition coefficient (Wildman–Crippen LogP) is 1.97. The van der Waals surface area contributed by atoms with Gasteiger partial charge < -0.3 is 86.9 Å². The van der Waals surface area contributed by atoms with E-state index in [1.807, 2.05) is 89.9 Å². The van der Waals surface area contributed by atoms with Crippen LogP contribution in [0.3, 0.4) is 0 Å². The lowest BCUT2D eigenvalue weighted by Gasteiger charge is -2.33. The van der Waals surface area contributed by atoms with Gasteiger partial charge in [-0.25, -0.2) is 0 Å². The SMILES string of the molecule is C=O.CC.CC.CC.CC.CC.CC.Cc1c(C)c(C(=O)NCC(O)CO)c(C)c(N(C=O)CC(O)C(O)CN(C)c2c(C)c(C(=O)NCC(O)CO)c(C)c(C(=O)NCC(O)CO)c2C)c1C.O=CNCC(O)CO. The van der Waals surface area contributed by atoms with Gasteiger partial charge in [0.2, 0.25) is 12.8 Å². The Kier molecular flexibility index (Phi) is 58.0. The van der Waals surface area contributed by atoms with Crippen molar-refractivity contribution in [2.45, 2.75) is 168 Å². The lowest BCUT2D eigenvalue weighted by atomic mass is 9.89. The van der Waals surface area contributed by atoms with Crippen molar-refractivity contribution < 1.29 is 79.8 Å². The fraction of sp³-hybridized carbons (Fsp3) is 0.667. The molecule has 14 N–H and O–H groups in total. The first-order valence-corrected chi connectivity index (χ1v) is 26.1. The third-order valence-corrected chi connectivity index (χ3v) is 10.3. The zero-order valence-corrected chi connectivity index (χ0v) is 49.7. The Labute approximate surface area is 454 Å². The summed E-state index contributed by atoms with van der Waals surface area (Å²) in [6.45, 7) is 34.3. The second-order valence-electron chi connectivity index (χ2n) is 15.0. The van der Waals surface area contributed by atoms with E-state index in [0.717, 1.165) is 0 Å². The number of nitrogens with zero attached hydrogens (tertiary/aromatic N) is 2. The molecule has 0 radical (unpaired) electrons. The van der Waals surface area contributed by atoms with E-state index in [-0.39, 0.29) is 68.1 Å². The fourth-order valence-electron chi connectivity index (χ4n) is 6.90. The molecule has 2 aromatic rings. The molecule has 0 saturated heterocycles. The minimum atomic E-state index is -1.54. The molecule has 6 atom stereocenters. The molecular weight excluding hydrogens is 989 g/mol. The van der Waals surface area contributed by atoms with Gasteiger partial charge in [0.05, 0.1) is 75.3 Å². The second-order valence-corrected chi connectivity index (χ2v) is 15.0. The first-order valence-electron chi connectivity index (χ1n) is 26.1. The quantitative estimate of drug-likeness (QED) is 0.0668. The van der Waals surface area contributed by atoms with Gasteiger partial charge in [-0.05, 0) is 87.4 Å². The first kappa shape index (κ1) is 84.8. The number of hydrogen-bond donors (Lipinski definition) is 14. The Balaban J connectivity index is -0.000000372. The van der Waals surface area contributed by atoms with Crippen molar-refractivity contribution in [1.82, 2.24) is 21.3 Å². The second kappa shape index (κ2) is 51.9. The van der Waals surface area contributed by atoms with Gasteiger partial charge in [0, 0.05) is 62.1 Å². The normalized spacial score (nSPS) is 11.9. The van der Waals surface area contributed by atoms with Crippen LogP contribution in [0.4, 0.5) is 11.4 Å². The summed E-state index contributed by atoms with van der Waals surface area (Å²) in [6.07, 6.45) is -6.56. The van der Waals surface area contributed by atoms with Crippen LogP contribution in [0.25, 0.3) is 0 Å². The molecule has 22 nitrogen and oxygen atoms in total. The van der Waals surface area contributed by atoms with E-state index in [4.69, 9.17) is 20.1 Å². The minimum absolute atomic E-state index is 0.0778. The van der Waals surface area contributed by atoms with Crippen molar-refractivity contribution in [3.05, 3.63) is 55.6 Å². The number of nitrogens with one attached hydrogen (secondary N) is 4. The van der Waals surface area contributed by atoms with Crippen molar-refractivity contribution in [2.24, 2.45) is 0 Å². The molecule has 2 aromatic carbocycles. The standard InChI is InChI=1S/C37H57N5O12.C4H9NO3.6C2H6.CH2O/c1-18-19(2)30(35(52)38-9-25(47)14-43)24(7)34(20(18)3)42(17-46)13-29(51)28(50)12-41(8)33-22(5)31(36(53)39-10-26(48)15-44)21(4)32(23(33)6)37(54)40-11-27(49)16-45;6-2-4(8)1-5-3-7;7*1-2/h17,25-29,43-45,47-51H,9-16H2,1-8H3,(H,38,52)(H,39,53)(H,40,54);3-4,6,8H,1-2H2,(H,5,7);6*1-2H3;1H2. The summed E-state index contributed by atoms with van der Waals surface area (Å²) >= 11 is 0. The van der Waals surface area contributed by atoms with Crippen LogP contribution in [0.2, 0.25) is 0 Å². The van der Waals surface area contributed by atoms with Gasteiger partial charge in [-0.3, -0.25) is 24.0 Å². The number of aliphatic hydroxyl groups is 10. The van der Waals surface area contributed by atoms with Crippen molar-refractivity contribution in [3.8, 4) is 0 Å². The van der Waals surface area contributed by atoms with Crippen LogP contribution in [0.1, 0.15) is 153 Å². The number of amides is 5.